The minimum absolute atomic E-state index is 1.09. The molecule has 0 unspecified atom stereocenters. The number of rotatable bonds is 10. The number of hydrogen-bond acceptors (Lipinski definition) is 2. The van der Waals surface area contributed by atoms with Crippen molar-refractivity contribution in [1.29, 1.82) is 0 Å². The number of anilines is 6. The van der Waals surface area contributed by atoms with Gasteiger partial charge in [0.1, 0.15) is 0 Å². The number of aromatic nitrogens is 1. The molecule has 2 heterocycles. The molecule has 0 fully saturated rings. The van der Waals surface area contributed by atoms with E-state index in [1.807, 2.05) is 0 Å². The van der Waals surface area contributed by atoms with Crippen LogP contribution in [0.15, 0.2) is 273 Å². The van der Waals surface area contributed by atoms with E-state index in [9.17, 15) is 0 Å². The maximum Gasteiger partial charge on any atom is 0.0622 e. The van der Waals surface area contributed by atoms with Crippen LogP contribution in [0.5, 0.6) is 0 Å². The summed E-state index contributed by atoms with van der Waals surface area (Å²) >= 11 is 0. The highest BCUT2D eigenvalue weighted by Gasteiger charge is 2.28. The molecule has 324 valence electrons. The van der Waals surface area contributed by atoms with Gasteiger partial charge in [-0.1, -0.05) is 200 Å². The van der Waals surface area contributed by atoms with E-state index in [0.29, 0.717) is 0 Å². The van der Waals surface area contributed by atoms with Gasteiger partial charge < -0.3 is 14.2 Å². The fourth-order valence-electron chi connectivity index (χ4n) is 10.7. The van der Waals surface area contributed by atoms with Crippen LogP contribution >= 0.6 is 0 Å². The molecule has 0 amide bonds. The molecule has 13 rings (SSSR count). The van der Waals surface area contributed by atoms with Crippen LogP contribution in [0, 0.1) is 0 Å². The highest BCUT2D eigenvalue weighted by molar-refractivity contribution is 6.28. The van der Waals surface area contributed by atoms with Crippen molar-refractivity contribution in [2.45, 2.75) is 0 Å². The smallest absolute Gasteiger partial charge is 0.0622 e. The first-order valence-electron chi connectivity index (χ1n) is 23.7. The summed E-state index contributed by atoms with van der Waals surface area (Å²) in [6.07, 6.45) is 0. The molecule has 0 atom stereocenters. The molecule has 0 saturated heterocycles. The number of fused-ring (bicyclic) bond motifs is 6. The third kappa shape index (κ3) is 6.82. The minimum atomic E-state index is 1.09. The van der Waals surface area contributed by atoms with Crippen molar-refractivity contribution < 1.29 is 0 Å². The van der Waals surface area contributed by atoms with Crippen LogP contribution in [-0.2, 0) is 0 Å². The fraction of sp³-hybridized carbons (Fsp3) is 0. The molecule has 0 aliphatic heterocycles. The summed E-state index contributed by atoms with van der Waals surface area (Å²) in [5.74, 6) is 0. The van der Waals surface area contributed by atoms with Crippen molar-refractivity contribution in [3.63, 3.8) is 0 Å². The summed E-state index contributed by atoms with van der Waals surface area (Å²) in [7, 11) is 0. The zero-order valence-electron chi connectivity index (χ0n) is 37.8. The van der Waals surface area contributed by atoms with Gasteiger partial charge in [0, 0.05) is 44.0 Å². The Balaban J connectivity index is 1.06. The molecule has 3 heteroatoms. The van der Waals surface area contributed by atoms with Gasteiger partial charge in [-0.25, -0.2) is 0 Å². The Labute approximate surface area is 402 Å². The van der Waals surface area contributed by atoms with Gasteiger partial charge in [-0.3, -0.25) is 0 Å². The first kappa shape index (κ1) is 40.1. The van der Waals surface area contributed by atoms with Crippen LogP contribution in [0.25, 0.3) is 82.6 Å². The van der Waals surface area contributed by atoms with Gasteiger partial charge in [-0.15, -0.1) is 0 Å². The van der Waals surface area contributed by atoms with Gasteiger partial charge in [0.05, 0.1) is 39.3 Å². The van der Waals surface area contributed by atoms with Crippen LogP contribution in [0.1, 0.15) is 0 Å². The molecule has 11 aromatic carbocycles. The van der Waals surface area contributed by atoms with Crippen LogP contribution in [0.2, 0.25) is 0 Å². The molecule has 2 aromatic heterocycles. The third-order valence-corrected chi connectivity index (χ3v) is 13.7. The van der Waals surface area contributed by atoms with E-state index in [2.05, 4.69) is 287 Å². The van der Waals surface area contributed by atoms with Gasteiger partial charge in [-0.2, -0.15) is 0 Å². The Morgan fingerprint density at radius 3 is 0.986 bits per heavy atom. The molecule has 0 spiro atoms. The maximum absolute atomic E-state index is 2.52. The lowest BCUT2D eigenvalue weighted by molar-refractivity contribution is 1.29. The summed E-state index contributed by atoms with van der Waals surface area (Å²) in [5.41, 5.74) is 19.6. The molecule has 0 N–H and O–H groups in total. The topological polar surface area (TPSA) is 10.9 Å². The Bertz CT molecular complexity index is 3670. The molecule has 0 bridgehead atoms. The van der Waals surface area contributed by atoms with Crippen LogP contribution in [0.3, 0.4) is 0 Å². The van der Waals surface area contributed by atoms with E-state index in [1.54, 1.807) is 0 Å². The van der Waals surface area contributed by atoms with Crippen LogP contribution in [-0.4, -0.2) is 4.40 Å². The second-order valence-corrected chi connectivity index (χ2v) is 17.6. The largest absolute Gasteiger partial charge is 0.309 e. The Morgan fingerprint density at radius 1 is 0.246 bits per heavy atom. The van der Waals surface area contributed by atoms with Crippen LogP contribution in [0.4, 0.5) is 34.1 Å². The van der Waals surface area contributed by atoms with Crippen molar-refractivity contribution in [2.24, 2.45) is 0 Å². The van der Waals surface area contributed by atoms with Crippen molar-refractivity contribution in [2.75, 3.05) is 9.80 Å². The first-order valence-corrected chi connectivity index (χ1v) is 23.7. The lowest BCUT2D eigenvalue weighted by Gasteiger charge is -2.29. The lowest BCUT2D eigenvalue weighted by atomic mass is 9.95. The monoisotopic (exact) mass is 879 g/mol. The van der Waals surface area contributed by atoms with Crippen molar-refractivity contribution in [3.8, 4) is 44.5 Å². The predicted octanol–water partition coefficient (Wildman–Crippen LogP) is 18.4. The average Bonchev–Trinajstić information content (AvgIpc) is 3.97. The summed E-state index contributed by atoms with van der Waals surface area (Å²) in [4.78, 5) is 4.94. The van der Waals surface area contributed by atoms with E-state index in [0.717, 1.165) is 56.3 Å². The second-order valence-electron chi connectivity index (χ2n) is 17.6. The molecule has 69 heavy (non-hydrogen) atoms. The summed E-state index contributed by atoms with van der Waals surface area (Å²) in [5, 5.41) is 4.85. The van der Waals surface area contributed by atoms with Gasteiger partial charge >= 0.3 is 0 Å². The van der Waals surface area contributed by atoms with Crippen molar-refractivity contribution in [3.05, 3.63) is 273 Å². The Kier molecular flexibility index (Phi) is 9.84. The maximum atomic E-state index is 2.52. The van der Waals surface area contributed by atoms with E-state index in [-0.39, 0.29) is 0 Å². The fourth-order valence-corrected chi connectivity index (χ4v) is 10.7. The molecule has 0 radical (unpaired) electrons. The average molecular weight is 880 g/mol. The number of hydrogen-bond donors (Lipinski definition) is 0. The van der Waals surface area contributed by atoms with Crippen molar-refractivity contribution in [1.82, 2.24) is 4.40 Å². The molecule has 3 nitrogen and oxygen atoms in total. The van der Waals surface area contributed by atoms with E-state index >= 15 is 0 Å². The summed E-state index contributed by atoms with van der Waals surface area (Å²) in [6, 6.07) is 99.1. The first-order chi connectivity index (χ1) is 34.3. The molecular formula is C66H45N3. The van der Waals surface area contributed by atoms with Gasteiger partial charge in [0.15, 0.2) is 0 Å². The summed E-state index contributed by atoms with van der Waals surface area (Å²) < 4.78 is 2.52. The Hall–Kier alpha value is -9.18. The second kappa shape index (κ2) is 16.9. The van der Waals surface area contributed by atoms with E-state index < -0.39 is 0 Å². The standard InChI is InChI=1S/C66H45N3/c1-7-22-46(23-8-1)50-40-42-58(56(44-50)48-26-11-3-12-27-48)67(52-30-15-5-16-31-52)60-36-20-38-62-64(60)54-34-19-35-55-65-61(37-21-39-63(65)69(62)66(54)55)68(53-32-17-6-18-33-53)59-43-41-51(47-24-9-2-10-25-47)45-57(59)49-28-13-4-14-29-49/h1-45H. The zero-order valence-corrected chi connectivity index (χ0v) is 37.8. The number of nitrogens with zero attached hydrogens (tertiary/aromatic N) is 3. The molecule has 0 aliphatic rings. The van der Waals surface area contributed by atoms with Gasteiger partial charge in [0.25, 0.3) is 0 Å². The van der Waals surface area contributed by atoms with Gasteiger partial charge in [0.2, 0.25) is 0 Å². The van der Waals surface area contributed by atoms with Gasteiger partial charge in [-0.05, 0) is 106 Å². The Morgan fingerprint density at radius 2 is 0.594 bits per heavy atom. The van der Waals surface area contributed by atoms with E-state index in [1.165, 1.54) is 60.4 Å². The highest BCUT2D eigenvalue weighted by Crippen LogP contribution is 2.52. The quantitative estimate of drug-likeness (QED) is 0.136. The molecule has 13 aromatic rings. The highest BCUT2D eigenvalue weighted by atomic mass is 15.2. The SMILES string of the molecule is c1ccc(-c2ccc(N(c3ccccc3)c3cccc4c3c3cccc5c6c(N(c7ccccc7)c7ccc(-c8ccccc8)cc7-c7ccccc7)cccc6n4c35)c(-c3ccccc3)c2)cc1. The normalized spacial score (nSPS) is 11.5. The van der Waals surface area contributed by atoms with Crippen molar-refractivity contribution >= 4 is 72.2 Å². The minimum Gasteiger partial charge on any atom is -0.309 e. The lowest BCUT2D eigenvalue weighted by Crippen LogP contribution is -2.12. The number of benzene rings is 11. The van der Waals surface area contributed by atoms with Crippen LogP contribution < -0.4 is 9.80 Å². The predicted molar refractivity (Wildman–Crippen MR) is 292 cm³/mol. The zero-order chi connectivity index (χ0) is 45.7. The molecule has 0 aliphatic carbocycles. The van der Waals surface area contributed by atoms with E-state index in [4.69, 9.17) is 0 Å². The molecular weight excluding hydrogens is 835 g/mol. The molecule has 0 saturated carbocycles. The number of para-hydroxylation sites is 3. The third-order valence-electron chi connectivity index (χ3n) is 13.7. The summed E-state index contributed by atoms with van der Waals surface area (Å²) in [6.45, 7) is 0.